The summed E-state index contributed by atoms with van der Waals surface area (Å²) in [4.78, 5) is 10.7. The predicted molar refractivity (Wildman–Crippen MR) is 67.0 cm³/mol. The Balaban J connectivity index is 3.11. The second-order valence-electron chi connectivity index (χ2n) is 3.26. The molecule has 0 aromatic heterocycles. The highest BCUT2D eigenvalue weighted by atomic mass is 35.5. The average Bonchev–Trinajstić information content (AvgIpc) is 2.37. The molecule has 100 valence electrons. The van der Waals surface area contributed by atoms with Gasteiger partial charge in [0.25, 0.3) is 0 Å². The van der Waals surface area contributed by atoms with Crippen molar-refractivity contribution in [1.82, 2.24) is 0 Å². The van der Waals surface area contributed by atoms with Crippen LogP contribution in [0.25, 0.3) is 0 Å². The largest absolute Gasteiger partial charge is 0.493 e. The molecule has 0 heterocycles. The van der Waals surface area contributed by atoms with E-state index in [1.165, 1.54) is 21.3 Å². The van der Waals surface area contributed by atoms with E-state index < -0.39 is 11.5 Å². The molecular weight excluding hydrogens is 262 g/mol. The SMILES string of the molecule is COc1cc(NC(Cl)C(=O)O)cc(OC)c1OC. The lowest BCUT2D eigenvalue weighted by molar-refractivity contribution is -0.136. The van der Waals surface area contributed by atoms with Crippen LogP contribution in [0.3, 0.4) is 0 Å². The third-order valence-corrected chi connectivity index (χ3v) is 2.47. The third-order valence-electron chi connectivity index (χ3n) is 2.17. The maximum Gasteiger partial charge on any atom is 0.341 e. The van der Waals surface area contributed by atoms with Crippen molar-refractivity contribution < 1.29 is 24.1 Å². The molecule has 1 atom stereocenters. The molecule has 0 fully saturated rings. The fraction of sp³-hybridized carbons (Fsp3) is 0.364. The lowest BCUT2D eigenvalue weighted by Crippen LogP contribution is -2.22. The van der Waals surface area contributed by atoms with Crippen LogP contribution < -0.4 is 19.5 Å². The minimum Gasteiger partial charge on any atom is -0.493 e. The van der Waals surface area contributed by atoms with Crippen LogP contribution in [0.1, 0.15) is 0 Å². The number of hydrogen-bond acceptors (Lipinski definition) is 5. The van der Waals surface area contributed by atoms with E-state index in [9.17, 15) is 4.79 Å². The molecule has 0 aliphatic heterocycles. The Hall–Kier alpha value is -1.82. The molecule has 18 heavy (non-hydrogen) atoms. The maximum atomic E-state index is 10.7. The van der Waals surface area contributed by atoms with Crippen molar-refractivity contribution in [1.29, 1.82) is 0 Å². The van der Waals surface area contributed by atoms with Crippen LogP contribution in [0, 0.1) is 0 Å². The number of rotatable bonds is 6. The molecule has 1 rings (SSSR count). The molecule has 0 aliphatic rings. The van der Waals surface area contributed by atoms with Gasteiger partial charge in [0, 0.05) is 17.8 Å². The molecule has 0 amide bonds. The number of benzene rings is 1. The highest BCUT2D eigenvalue weighted by molar-refractivity contribution is 6.30. The van der Waals surface area contributed by atoms with Gasteiger partial charge in [0.1, 0.15) is 0 Å². The molecule has 0 aliphatic carbocycles. The summed E-state index contributed by atoms with van der Waals surface area (Å²) in [5.41, 5.74) is -0.792. The normalized spacial score (nSPS) is 11.6. The lowest BCUT2D eigenvalue weighted by Gasteiger charge is -2.15. The zero-order valence-corrected chi connectivity index (χ0v) is 10.9. The number of carboxylic acids is 1. The molecule has 1 aromatic rings. The Morgan fingerprint density at radius 3 is 2.06 bits per heavy atom. The number of methoxy groups -OCH3 is 3. The van der Waals surface area contributed by atoms with Crippen LogP contribution in [0.5, 0.6) is 17.2 Å². The molecule has 1 aromatic carbocycles. The molecule has 2 N–H and O–H groups in total. The topological polar surface area (TPSA) is 77.0 Å². The molecule has 0 radical (unpaired) electrons. The van der Waals surface area contributed by atoms with E-state index in [1.807, 2.05) is 0 Å². The number of nitrogens with one attached hydrogen (secondary N) is 1. The molecule has 0 saturated carbocycles. The fourth-order valence-corrected chi connectivity index (χ4v) is 1.50. The molecule has 0 saturated heterocycles. The van der Waals surface area contributed by atoms with Crippen LogP contribution in [-0.4, -0.2) is 37.9 Å². The van der Waals surface area contributed by atoms with Crippen molar-refractivity contribution in [3.8, 4) is 17.2 Å². The Morgan fingerprint density at radius 2 is 1.72 bits per heavy atom. The quantitative estimate of drug-likeness (QED) is 0.609. The number of aliphatic carboxylic acids is 1. The van der Waals surface area contributed by atoms with Crippen molar-refractivity contribution in [2.24, 2.45) is 0 Å². The fourth-order valence-electron chi connectivity index (χ4n) is 1.37. The van der Waals surface area contributed by atoms with Crippen LogP contribution in [0.4, 0.5) is 5.69 Å². The first-order chi connectivity index (χ1) is 8.53. The average molecular weight is 276 g/mol. The second kappa shape index (κ2) is 6.20. The van der Waals surface area contributed by atoms with Gasteiger partial charge in [-0.25, -0.2) is 4.79 Å². The monoisotopic (exact) mass is 275 g/mol. The first kappa shape index (κ1) is 14.2. The van der Waals surface area contributed by atoms with E-state index in [4.69, 9.17) is 30.9 Å². The summed E-state index contributed by atoms with van der Waals surface area (Å²) in [6.45, 7) is 0. The number of hydrogen-bond donors (Lipinski definition) is 2. The van der Waals surface area contributed by atoms with Gasteiger partial charge in [-0.3, -0.25) is 0 Å². The van der Waals surface area contributed by atoms with Crippen molar-refractivity contribution in [2.45, 2.75) is 5.50 Å². The van der Waals surface area contributed by atoms with Crippen molar-refractivity contribution in [3.05, 3.63) is 12.1 Å². The number of carboxylic acid groups (broad SMARTS) is 1. The molecule has 1 unspecified atom stereocenters. The summed E-state index contributed by atoms with van der Waals surface area (Å²) >= 11 is 5.59. The van der Waals surface area contributed by atoms with E-state index in [2.05, 4.69) is 5.32 Å². The summed E-state index contributed by atoms with van der Waals surface area (Å²) in [5, 5.41) is 11.3. The van der Waals surface area contributed by atoms with Crippen molar-refractivity contribution >= 4 is 23.3 Å². The minimum absolute atomic E-state index is 0.411. The molecule has 0 spiro atoms. The first-order valence-electron chi connectivity index (χ1n) is 4.97. The molecule has 0 bridgehead atoms. The van der Waals surface area contributed by atoms with E-state index in [-0.39, 0.29) is 0 Å². The summed E-state index contributed by atoms with van der Waals surface area (Å²) in [6.07, 6.45) is 0. The van der Waals surface area contributed by atoms with E-state index in [1.54, 1.807) is 12.1 Å². The Morgan fingerprint density at radius 1 is 1.22 bits per heavy atom. The molecule has 7 heteroatoms. The highest BCUT2D eigenvalue weighted by Crippen LogP contribution is 2.40. The van der Waals surface area contributed by atoms with Gasteiger partial charge in [0.15, 0.2) is 17.0 Å². The lowest BCUT2D eigenvalue weighted by atomic mass is 10.2. The molecular formula is C11H14ClNO5. The summed E-state index contributed by atoms with van der Waals surface area (Å²) in [5.74, 6) is 0.0691. The van der Waals surface area contributed by atoms with Gasteiger partial charge in [-0.05, 0) is 0 Å². The van der Waals surface area contributed by atoms with Crippen molar-refractivity contribution in [2.75, 3.05) is 26.6 Å². The zero-order valence-electron chi connectivity index (χ0n) is 10.2. The van der Waals surface area contributed by atoms with E-state index >= 15 is 0 Å². The Kier molecular flexibility index (Phi) is 4.91. The van der Waals surface area contributed by atoms with Gasteiger partial charge in [0.05, 0.1) is 21.3 Å². The van der Waals surface area contributed by atoms with Gasteiger partial charge in [-0.1, -0.05) is 11.6 Å². The van der Waals surface area contributed by atoms with Gasteiger partial charge in [-0.15, -0.1) is 0 Å². The number of carbonyl (C=O) groups is 1. The smallest absolute Gasteiger partial charge is 0.341 e. The van der Waals surface area contributed by atoms with Crippen LogP contribution in [0.15, 0.2) is 12.1 Å². The summed E-state index contributed by atoms with van der Waals surface area (Å²) < 4.78 is 15.4. The van der Waals surface area contributed by atoms with Gasteiger partial charge in [0.2, 0.25) is 5.75 Å². The maximum absolute atomic E-state index is 10.7. The summed E-state index contributed by atoms with van der Waals surface area (Å²) in [6, 6.07) is 3.14. The Bertz CT molecular complexity index is 412. The van der Waals surface area contributed by atoms with E-state index in [0.717, 1.165) is 0 Å². The highest BCUT2D eigenvalue weighted by Gasteiger charge is 2.17. The second-order valence-corrected chi connectivity index (χ2v) is 3.70. The standard InChI is InChI=1S/C11H14ClNO5/c1-16-7-4-6(13-10(12)11(14)15)5-8(17-2)9(7)18-3/h4-5,10,13H,1-3H3,(H,14,15). The summed E-state index contributed by atoms with van der Waals surface area (Å²) in [7, 11) is 4.42. The Labute approximate surface area is 109 Å². The predicted octanol–water partition coefficient (Wildman–Crippen LogP) is 1.77. The zero-order chi connectivity index (χ0) is 13.7. The van der Waals surface area contributed by atoms with Crippen LogP contribution >= 0.6 is 11.6 Å². The van der Waals surface area contributed by atoms with Gasteiger partial charge < -0.3 is 24.6 Å². The minimum atomic E-state index is -1.24. The number of alkyl halides is 1. The first-order valence-corrected chi connectivity index (χ1v) is 5.40. The number of anilines is 1. The number of ether oxygens (including phenoxy) is 3. The van der Waals surface area contributed by atoms with Crippen molar-refractivity contribution in [3.63, 3.8) is 0 Å². The van der Waals surface area contributed by atoms with Crippen LogP contribution in [-0.2, 0) is 4.79 Å². The van der Waals surface area contributed by atoms with Crippen LogP contribution in [0.2, 0.25) is 0 Å². The van der Waals surface area contributed by atoms with Gasteiger partial charge >= 0.3 is 5.97 Å². The third kappa shape index (κ3) is 3.10. The van der Waals surface area contributed by atoms with Gasteiger partial charge in [-0.2, -0.15) is 0 Å². The molecule has 6 nitrogen and oxygen atoms in total. The van der Waals surface area contributed by atoms with E-state index in [0.29, 0.717) is 22.9 Å². The number of halogens is 1.